The Morgan fingerprint density at radius 3 is 2.75 bits per heavy atom. The van der Waals surface area contributed by atoms with Gasteiger partial charge in [0.15, 0.2) is 0 Å². The maximum absolute atomic E-state index is 6.19. The number of aryl methyl sites for hydroxylation is 2. The molecular weight excluding hydrogens is 316 g/mol. The fourth-order valence-electron chi connectivity index (χ4n) is 3.33. The first-order valence-corrected chi connectivity index (χ1v) is 8.71. The molecule has 0 amide bonds. The van der Waals surface area contributed by atoms with E-state index in [1.807, 2.05) is 18.2 Å². The van der Waals surface area contributed by atoms with Gasteiger partial charge in [0.05, 0.1) is 11.2 Å². The van der Waals surface area contributed by atoms with Crippen molar-refractivity contribution in [3.8, 4) is 11.3 Å². The van der Waals surface area contributed by atoms with Crippen molar-refractivity contribution >= 4 is 33.4 Å². The Bertz CT molecular complexity index is 1050. The molecular formula is C21H19ClN2. The van der Waals surface area contributed by atoms with Crippen molar-refractivity contribution in [2.45, 2.75) is 26.7 Å². The number of pyridine rings is 1. The molecule has 3 heteroatoms. The number of nitrogens with zero attached hydrogens (tertiary/aromatic N) is 1. The summed E-state index contributed by atoms with van der Waals surface area (Å²) < 4.78 is 0. The van der Waals surface area contributed by atoms with Crippen LogP contribution in [0, 0.1) is 6.92 Å². The van der Waals surface area contributed by atoms with Crippen molar-refractivity contribution in [2.24, 2.45) is 0 Å². The quantitative estimate of drug-likeness (QED) is 0.468. The van der Waals surface area contributed by atoms with Crippen LogP contribution < -0.4 is 0 Å². The highest BCUT2D eigenvalue weighted by molar-refractivity contribution is 6.31. The predicted molar refractivity (Wildman–Crippen MR) is 103 cm³/mol. The molecule has 1 N–H and O–H groups in total. The molecule has 2 nitrogen and oxygen atoms in total. The smallest absolute Gasteiger partial charge is 0.0733 e. The molecule has 24 heavy (non-hydrogen) atoms. The number of hydrogen-bond donors (Lipinski definition) is 1. The van der Waals surface area contributed by atoms with E-state index in [9.17, 15) is 0 Å². The molecule has 0 spiro atoms. The van der Waals surface area contributed by atoms with E-state index in [0.29, 0.717) is 0 Å². The normalized spacial score (nSPS) is 11.5. The molecule has 2 heterocycles. The van der Waals surface area contributed by atoms with Gasteiger partial charge in [-0.25, -0.2) is 4.98 Å². The molecule has 4 aromatic rings. The van der Waals surface area contributed by atoms with Crippen molar-refractivity contribution in [1.82, 2.24) is 9.97 Å². The van der Waals surface area contributed by atoms with E-state index in [1.165, 1.54) is 16.5 Å². The van der Waals surface area contributed by atoms with Crippen LogP contribution in [0.15, 0.2) is 48.7 Å². The van der Waals surface area contributed by atoms with E-state index in [4.69, 9.17) is 16.6 Å². The van der Waals surface area contributed by atoms with Gasteiger partial charge in [0.1, 0.15) is 0 Å². The zero-order valence-corrected chi connectivity index (χ0v) is 14.6. The Hall–Kier alpha value is -2.32. The van der Waals surface area contributed by atoms with Crippen molar-refractivity contribution in [1.29, 1.82) is 0 Å². The van der Waals surface area contributed by atoms with E-state index in [-0.39, 0.29) is 0 Å². The maximum atomic E-state index is 6.19. The summed E-state index contributed by atoms with van der Waals surface area (Å²) in [5, 5.41) is 3.14. The van der Waals surface area contributed by atoms with E-state index < -0.39 is 0 Å². The van der Waals surface area contributed by atoms with Crippen LogP contribution in [-0.4, -0.2) is 9.97 Å². The summed E-state index contributed by atoms with van der Waals surface area (Å²) in [4.78, 5) is 8.26. The molecule has 0 aliphatic carbocycles. The molecule has 0 radical (unpaired) electrons. The van der Waals surface area contributed by atoms with Gasteiger partial charge in [-0.2, -0.15) is 0 Å². The predicted octanol–water partition coefficient (Wildman–Crippen LogP) is 6.30. The minimum absolute atomic E-state index is 0.761. The summed E-state index contributed by atoms with van der Waals surface area (Å²) in [6, 6.07) is 14.6. The molecule has 0 saturated carbocycles. The van der Waals surface area contributed by atoms with Gasteiger partial charge >= 0.3 is 0 Å². The van der Waals surface area contributed by atoms with Crippen LogP contribution in [-0.2, 0) is 6.42 Å². The highest BCUT2D eigenvalue weighted by Crippen LogP contribution is 2.32. The highest BCUT2D eigenvalue weighted by Gasteiger charge is 2.12. The summed E-state index contributed by atoms with van der Waals surface area (Å²) in [5.74, 6) is 0. The number of aromatic amines is 1. The van der Waals surface area contributed by atoms with Crippen molar-refractivity contribution in [2.75, 3.05) is 0 Å². The van der Waals surface area contributed by atoms with Gasteiger partial charge in [0.2, 0.25) is 0 Å². The average molecular weight is 335 g/mol. The number of nitrogens with one attached hydrogen (secondary N) is 1. The summed E-state index contributed by atoms with van der Waals surface area (Å²) in [6.07, 6.45) is 4.18. The van der Waals surface area contributed by atoms with Gasteiger partial charge in [-0.15, -0.1) is 0 Å². The van der Waals surface area contributed by atoms with Crippen LogP contribution in [0.1, 0.15) is 24.5 Å². The molecule has 0 saturated heterocycles. The number of halogens is 1. The molecule has 0 atom stereocenters. The standard InChI is InChI=1S/C21H19ClN2/c1-3-4-14-10-21(24-20-8-6-15(22)11-16(14)20)18-12-23-19-7-5-13(2)9-17(18)19/h5-12,23H,3-4H2,1-2H3. The second kappa shape index (κ2) is 5.95. The number of benzene rings is 2. The largest absolute Gasteiger partial charge is 0.360 e. The van der Waals surface area contributed by atoms with Gasteiger partial charge in [-0.05, 0) is 55.3 Å². The average Bonchev–Trinajstić information content (AvgIpc) is 2.98. The third-order valence-corrected chi connectivity index (χ3v) is 4.72. The van der Waals surface area contributed by atoms with Crippen LogP contribution in [0.3, 0.4) is 0 Å². The molecule has 120 valence electrons. The van der Waals surface area contributed by atoms with E-state index in [0.717, 1.165) is 45.5 Å². The zero-order valence-electron chi connectivity index (χ0n) is 13.9. The Morgan fingerprint density at radius 1 is 1.04 bits per heavy atom. The number of rotatable bonds is 3. The molecule has 4 rings (SSSR count). The monoisotopic (exact) mass is 334 g/mol. The third-order valence-electron chi connectivity index (χ3n) is 4.49. The lowest BCUT2D eigenvalue weighted by molar-refractivity contribution is 0.928. The third kappa shape index (κ3) is 2.57. The summed E-state index contributed by atoms with van der Waals surface area (Å²) in [5.41, 5.74) is 6.88. The Labute approximate surface area is 146 Å². The minimum atomic E-state index is 0.761. The number of H-pyrrole nitrogens is 1. The SMILES string of the molecule is CCCc1cc(-c2c[nH]c3ccc(C)cc23)nc2ccc(Cl)cc12. The molecule has 2 aromatic carbocycles. The second-order valence-corrected chi connectivity index (χ2v) is 6.77. The van der Waals surface area contributed by atoms with Gasteiger partial charge < -0.3 is 4.98 Å². The maximum Gasteiger partial charge on any atom is 0.0733 e. The highest BCUT2D eigenvalue weighted by atomic mass is 35.5. The van der Waals surface area contributed by atoms with Crippen LogP contribution in [0.2, 0.25) is 5.02 Å². The van der Waals surface area contributed by atoms with E-state index in [1.54, 1.807) is 0 Å². The lowest BCUT2D eigenvalue weighted by Gasteiger charge is -2.09. The van der Waals surface area contributed by atoms with Crippen molar-refractivity contribution in [3.63, 3.8) is 0 Å². The fourth-order valence-corrected chi connectivity index (χ4v) is 3.50. The van der Waals surface area contributed by atoms with Crippen LogP contribution in [0.25, 0.3) is 33.1 Å². The summed E-state index contributed by atoms with van der Waals surface area (Å²) >= 11 is 6.19. The molecule has 0 bridgehead atoms. The minimum Gasteiger partial charge on any atom is -0.360 e. The lowest BCUT2D eigenvalue weighted by Crippen LogP contribution is -1.92. The number of aromatic nitrogens is 2. The van der Waals surface area contributed by atoms with Crippen LogP contribution in [0.4, 0.5) is 0 Å². The first kappa shape index (κ1) is 15.2. The Kier molecular flexibility index (Phi) is 3.78. The van der Waals surface area contributed by atoms with Crippen LogP contribution >= 0.6 is 11.6 Å². The molecule has 0 unspecified atom stereocenters. The molecule has 0 aliphatic heterocycles. The zero-order chi connectivity index (χ0) is 16.7. The lowest BCUT2D eigenvalue weighted by atomic mass is 10.0. The topological polar surface area (TPSA) is 28.7 Å². The van der Waals surface area contributed by atoms with Crippen molar-refractivity contribution < 1.29 is 0 Å². The van der Waals surface area contributed by atoms with Gasteiger partial charge in [-0.3, -0.25) is 0 Å². The number of hydrogen-bond acceptors (Lipinski definition) is 1. The number of fused-ring (bicyclic) bond motifs is 2. The second-order valence-electron chi connectivity index (χ2n) is 6.33. The Balaban J connectivity index is 1.98. The van der Waals surface area contributed by atoms with E-state index in [2.05, 4.69) is 49.3 Å². The summed E-state index contributed by atoms with van der Waals surface area (Å²) in [7, 11) is 0. The molecule has 0 aliphatic rings. The molecule has 2 aromatic heterocycles. The van der Waals surface area contributed by atoms with Gasteiger partial charge in [-0.1, -0.05) is 36.6 Å². The fraction of sp³-hybridized carbons (Fsp3) is 0.190. The summed E-state index contributed by atoms with van der Waals surface area (Å²) in [6.45, 7) is 4.32. The molecule has 0 fully saturated rings. The van der Waals surface area contributed by atoms with Crippen molar-refractivity contribution in [3.05, 3.63) is 64.8 Å². The first-order valence-electron chi connectivity index (χ1n) is 8.33. The van der Waals surface area contributed by atoms with E-state index >= 15 is 0 Å². The Morgan fingerprint density at radius 2 is 1.92 bits per heavy atom. The van der Waals surface area contributed by atoms with Crippen LogP contribution in [0.5, 0.6) is 0 Å². The van der Waals surface area contributed by atoms with Gasteiger partial charge in [0, 0.05) is 33.1 Å². The van der Waals surface area contributed by atoms with Gasteiger partial charge in [0.25, 0.3) is 0 Å². The first-order chi connectivity index (χ1) is 11.7.